The van der Waals surface area contributed by atoms with Gasteiger partial charge in [-0.1, -0.05) is 0 Å². The molecule has 0 atom stereocenters. The molecule has 0 saturated heterocycles. The maximum atomic E-state index is 11.3. The van der Waals surface area contributed by atoms with E-state index in [4.69, 9.17) is 4.74 Å². The smallest absolute Gasteiger partial charge is 0.354 e. The number of ether oxygens (including phenoxy) is 2. The van der Waals surface area contributed by atoms with Gasteiger partial charge in [0, 0.05) is 16.2 Å². The van der Waals surface area contributed by atoms with Crippen molar-refractivity contribution in [3.63, 3.8) is 0 Å². The van der Waals surface area contributed by atoms with Gasteiger partial charge in [-0.05, 0) is 40.2 Å². The van der Waals surface area contributed by atoms with Crippen LogP contribution in [0.5, 0.6) is 5.75 Å². The largest absolute Gasteiger partial charge is 0.497 e. The minimum absolute atomic E-state index is 0.376. The highest BCUT2D eigenvalue weighted by molar-refractivity contribution is 9.10. The number of esters is 1. The molecule has 6 heteroatoms. The summed E-state index contributed by atoms with van der Waals surface area (Å²) in [7, 11) is 2.98. The molecule has 0 bridgehead atoms. The van der Waals surface area contributed by atoms with Gasteiger partial charge in [-0.15, -0.1) is 0 Å². The van der Waals surface area contributed by atoms with Gasteiger partial charge in [-0.2, -0.15) is 0 Å². The number of carbonyl (C=O) groups is 1. The number of hydrogen-bond donors (Lipinski definition) is 2. The summed E-state index contributed by atoms with van der Waals surface area (Å²) in [4.78, 5) is 14.3. The zero-order valence-electron chi connectivity index (χ0n) is 11.2. The van der Waals surface area contributed by atoms with Crippen molar-refractivity contribution in [2.24, 2.45) is 0 Å². The monoisotopic (exact) mass is 338 g/mol. The van der Waals surface area contributed by atoms with Crippen molar-refractivity contribution in [1.82, 2.24) is 4.98 Å². The maximum absolute atomic E-state index is 11.3. The van der Waals surface area contributed by atoms with Gasteiger partial charge in [0.25, 0.3) is 0 Å². The summed E-state index contributed by atoms with van der Waals surface area (Å²) in [5.41, 5.74) is 2.24. The molecule has 5 nitrogen and oxygen atoms in total. The van der Waals surface area contributed by atoms with E-state index in [2.05, 4.69) is 31.0 Å². The van der Waals surface area contributed by atoms with Crippen LogP contribution in [0.4, 0.5) is 5.69 Å². The van der Waals surface area contributed by atoms with E-state index in [0.29, 0.717) is 12.2 Å². The van der Waals surface area contributed by atoms with Crippen LogP contribution in [0, 0.1) is 0 Å². The van der Waals surface area contributed by atoms with E-state index in [9.17, 15) is 4.79 Å². The topological polar surface area (TPSA) is 63.4 Å². The Morgan fingerprint density at radius 1 is 1.30 bits per heavy atom. The first-order valence-corrected chi connectivity index (χ1v) is 6.77. The number of methoxy groups -OCH3 is 2. The molecule has 1 aromatic carbocycles. The fourth-order valence-corrected chi connectivity index (χ4v) is 2.12. The minimum Gasteiger partial charge on any atom is -0.497 e. The highest BCUT2D eigenvalue weighted by Crippen LogP contribution is 2.27. The molecule has 2 aromatic rings. The molecule has 0 radical (unpaired) electrons. The summed E-state index contributed by atoms with van der Waals surface area (Å²) >= 11 is 3.47. The number of aromatic amines is 1. The molecule has 0 aliphatic heterocycles. The van der Waals surface area contributed by atoms with Crippen LogP contribution < -0.4 is 10.1 Å². The van der Waals surface area contributed by atoms with E-state index in [1.54, 1.807) is 13.2 Å². The van der Waals surface area contributed by atoms with Crippen LogP contribution in [0.15, 0.2) is 34.8 Å². The van der Waals surface area contributed by atoms with Gasteiger partial charge in [0.05, 0.1) is 26.5 Å². The zero-order chi connectivity index (χ0) is 14.5. The molecule has 2 rings (SSSR count). The second-order valence-corrected chi connectivity index (χ2v) is 4.94. The number of nitrogens with one attached hydrogen (secondary N) is 2. The lowest BCUT2D eigenvalue weighted by Gasteiger charge is -2.09. The Bertz CT molecular complexity index is 610. The van der Waals surface area contributed by atoms with Crippen LogP contribution in [0.25, 0.3) is 0 Å². The van der Waals surface area contributed by atoms with Crippen molar-refractivity contribution in [3.8, 4) is 5.75 Å². The molecule has 2 N–H and O–H groups in total. The number of hydrogen-bond acceptors (Lipinski definition) is 4. The Labute approximate surface area is 125 Å². The lowest BCUT2D eigenvalue weighted by molar-refractivity contribution is 0.0594. The predicted octanol–water partition coefficient (Wildman–Crippen LogP) is 3.18. The minimum atomic E-state index is -0.376. The Morgan fingerprint density at radius 3 is 2.80 bits per heavy atom. The average Bonchev–Trinajstić information content (AvgIpc) is 2.94. The van der Waals surface area contributed by atoms with Crippen molar-refractivity contribution >= 4 is 27.6 Å². The number of anilines is 1. The third-order valence-electron chi connectivity index (χ3n) is 2.79. The van der Waals surface area contributed by atoms with E-state index >= 15 is 0 Å². The lowest BCUT2D eigenvalue weighted by atomic mass is 10.3. The summed E-state index contributed by atoms with van der Waals surface area (Å²) in [5, 5.41) is 3.26. The van der Waals surface area contributed by atoms with Crippen molar-refractivity contribution < 1.29 is 14.3 Å². The highest BCUT2D eigenvalue weighted by Gasteiger charge is 2.08. The third-order valence-corrected chi connectivity index (χ3v) is 3.49. The Kier molecular flexibility index (Phi) is 4.68. The zero-order valence-corrected chi connectivity index (χ0v) is 12.8. The van der Waals surface area contributed by atoms with Crippen LogP contribution in [-0.2, 0) is 11.3 Å². The Hall–Kier alpha value is -1.95. The molecule has 0 spiro atoms. The molecular weight excluding hydrogens is 324 g/mol. The van der Waals surface area contributed by atoms with E-state index in [0.717, 1.165) is 21.6 Å². The molecular formula is C14H15BrN2O3. The predicted molar refractivity (Wildman–Crippen MR) is 80.2 cm³/mol. The van der Waals surface area contributed by atoms with Gasteiger partial charge in [0.15, 0.2) is 0 Å². The van der Waals surface area contributed by atoms with Crippen molar-refractivity contribution in [2.75, 3.05) is 19.5 Å². The van der Waals surface area contributed by atoms with E-state index in [1.807, 2.05) is 24.3 Å². The van der Waals surface area contributed by atoms with Crippen LogP contribution in [0.1, 0.15) is 16.2 Å². The molecule has 0 fully saturated rings. The van der Waals surface area contributed by atoms with Gasteiger partial charge < -0.3 is 19.8 Å². The van der Waals surface area contributed by atoms with Crippen molar-refractivity contribution in [3.05, 3.63) is 46.2 Å². The second kappa shape index (κ2) is 6.47. The molecule has 0 aliphatic carbocycles. The molecule has 0 amide bonds. The summed E-state index contributed by atoms with van der Waals surface area (Å²) < 4.78 is 10.8. The molecule has 0 unspecified atom stereocenters. The molecule has 1 aromatic heterocycles. The normalized spacial score (nSPS) is 10.2. The fourth-order valence-electron chi connectivity index (χ4n) is 1.73. The standard InChI is InChI=1S/C14H15BrN2O3/c1-19-10-4-5-11(15)13(7-10)16-8-9-3-6-12(17-9)14(18)20-2/h3-7,16-17H,8H2,1-2H3. The number of benzene rings is 1. The van der Waals surface area contributed by atoms with Gasteiger partial charge in [0.1, 0.15) is 11.4 Å². The summed E-state index contributed by atoms with van der Waals surface area (Å²) in [6.07, 6.45) is 0. The highest BCUT2D eigenvalue weighted by atomic mass is 79.9. The average molecular weight is 339 g/mol. The first-order chi connectivity index (χ1) is 9.63. The quantitative estimate of drug-likeness (QED) is 0.822. The van der Waals surface area contributed by atoms with Crippen molar-refractivity contribution in [1.29, 1.82) is 0 Å². The van der Waals surface area contributed by atoms with Gasteiger partial charge in [-0.3, -0.25) is 0 Å². The Morgan fingerprint density at radius 2 is 2.10 bits per heavy atom. The number of rotatable bonds is 5. The van der Waals surface area contributed by atoms with Gasteiger partial charge in [-0.25, -0.2) is 4.79 Å². The molecule has 0 saturated carbocycles. The van der Waals surface area contributed by atoms with E-state index in [1.165, 1.54) is 7.11 Å². The summed E-state index contributed by atoms with van der Waals surface area (Å²) in [6, 6.07) is 9.22. The lowest BCUT2D eigenvalue weighted by Crippen LogP contribution is -2.04. The number of aromatic nitrogens is 1. The summed E-state index contributed by atoms with van der Waals surface area (Å²) in [6.45, 7) is 0.558. The molecule has 106 valence electrons. The SMILES string of the molecule is COC(=O)c1ccc(CNc2cc(OC)ccc2Br)[nH]1. The molecule has 20 heavy (non-hydrogen) atoms. The number of H-pyrrole nitrogens is 1. The Balaban J connectivity index is 2.05. The third kappa shape index (κ3) is 3.33. The first kappa shape index (κ1) is 14.5. The maximum Gasteiger partial charge on any atom is 0.354 e. The van der Waals surface area contributed by atoms with Crippen molar-refractivity contribution in [2.45, 2.75) is 6.54 Å². The fraction of sp³-hybridized carbons (Fsp3) is 0.214. The van der Waals surface area contributed by atoms with Gasteiger partial charge in [0.2, 0.25) is 0 Å². The van der Waals surface area contributed by atoms with Crippen LogP contribution in [-0.4, -0.2) is 25.2 Å². The molecule has 0 aliphatic rings. The summed E-state index contributed by atoms with van der Waals surface area (Å²) in [5.74, 6) is 0.399. The molecule has 1 heterocycles. The van der Waals surface area contributed by atoms with Crippen LogP contribution >= 0.6 is 15.9 Å². The van der Waals surface area contributed by atoms with Gasteiger partial charge >= 0.3 is 5.97 Å². The van der Waals surface area contributed by atoms with E-state index < -0.39 is 0 Å². The van der Waals surface area contributed by atoms with E-state index in [-0.39, 0.29) is 5.97 Å². The van der Waals surface area contributed by atoms with Crippen LogP contribution in [0.2, 0.25) is 0 Å². The number of halogens is 1. The first-order valence-electron chi connectivity index (χ1n) is 5.97. The number of carbonyl (C=O) groups excluding carboxylic acids is 1. The second-order valence-electron chi connectivity index (χ2n) is 4.09. The van der Waals surface area contributed by atoms with Crippen LogP contribution in [0.3, 0.4) is 0 Å².